The summed E-state index contributed by atoms with van der Waals surface area (Å²) in [4.78, 5) is 12.4. The molecule has 0 aliphatic heterocycles. The number of phenolic OH excluding ortho intramolecular Hbond substituents is 2. The minimum atomic E-state index is -0.251. The van der Waals surface area contributed by atoms with E-state index in [0.29, 0.717) is 16.5 Å². The summed E-state index contributed by atoms with van der Waals surface area (Å²) in [5.74, 6) is -0.0217. The van der Waals surface area contributed by atoms with Gasteiger partial charge in [0.15, 0.2) is 0 Å². The van der Waals surface area contributed by atoms with Crippen LogP contribution in [0.5, 0.6) is 11.5 Å². The Morgan fingerprint density at radius 2 is 1.75 bits per heavy atom. The molecule has 3 rings (SSSR count). The number of hydrogen-bond acceptors (Lipinski definition) is 4. The SMILES string of the molecule is O=c1c(-c2ccc(O)cc2)coc2cc(O)c(Cl)cc12. The zero-order valence-electron chi connectivity index (χ0n) is 10.1. The Hall–Kier alpha value is -2.46. The Labute approximate surface area is 118 Å². The average molecular weight is 289 g/mol. The first kappa shape index (κ1) is 12.6. The molecule has 5 heteroatoms. The van der Waals surface area contributed by atoms with E-state index < -0.39 is 0 Å². The molecule has 0 aliphatic carbocycles. The van der Waals surface area contributed by atoms with Gasteiger partial charge in [-0.05, 0) is 23.8 Å². The Morgan fingerprint density at radius 3 is 2.45 bits per heavy atom. The van der Waals surface area contributed by atoms with E-state index in [1.165, 1.54) is 30.5 Å². The van der Waals surface area contributed by atoms with E-state index in [1.807, 2.05) is 0 Å². The fourth-order valence-corrected chi connectivity index (χ4v) is 2.14. The van der Waals surface area contributed by atoms with Gasteiger partial charge in [0.05, 0.1) is 16.0 Å². The molecule has 0 saturated heterocycles. The van der Waals surface area contributed by atoms with E-state index in [9.17, 15) is 15.0 Å². The van der Waals surface area contributed by atoms with Crippen molar-refractivity contribution < 1.29 is 14.6 Å². The third-order valence-electron chi connectivity index (χ3n) is 3.02. The number of halogens is 1. The zero-order valence-corrected chi connectivity index (χ0v) is 10.9. The monoisotopic (exact) mass is 288 g/mol. The van der Waals surface area contributed by atoms with Gasteiger partial charge in [0, 0.05) is 6.07 Å². The van der Waals surface area contributed by atoms with Crippen LogP contribution in [0.2, 0.25) is 5.02 Å². The number of aromatic hydroxyl groups is 2. The first-order valence-corrected chi connectivity index (χ1v) is 6.17. The molecule has 100 valence electrons. The molecule has 4 nitrogen and oxygen atoms in total. The minimum Gasteiger partial charge on any atom is -0.508 e. The highest BCUT2D eigenvalue weighted by atomic mass is 35.5. The van der Waals surface area contributed by atoms with Gasteiger partial charge in [0.2, 0.25) is 5.43 Å². The number of fused-ring (bicyclic) bond motifs is 1. The Balaban J connectivity index is 2.28. The van der Waals surface area contributed by atoms with Crippen molar-refractivity contribution in [3.63, 3.8) is 0 Å². The lowest BCUT2D eigenvalue weighted by Gasteiger charge is -2.04. The van der Waals surface area contributed by atoms with Gasteiger partial charge in [-0.15, -0.1) is 0 Å². The van der Waals surface area contributed by atoms with Gasteiger partial charge >= 0.3 is 0 Å². The van der Waals surface area contributed by atoms with Crippen molar-refractivity contribution in [3.05, 3.63) is 57.9 Å². The van der Waals surface area contributed by atoms with Crippen LogP contribution in [-0.4, -0.2) is 10.2 Å². The van der Waals surface area contributed by atoms with E-state index >= 15 is 0 Å². The van der Waals surface area contributed by atoms with Crippen molar-refractivity contribution in [1.29, 1.82) is 0 Å². The molecule has 1 aromatic heterocycles. The molecule has 2 N–H and O–H groups in total. The standard InChI is InChI=1S/C15H9ClO4/c16-12-5-10-14(6-13(12)18)20-7-11(15(10)19)8-1-3-9(17)4-2-8/h1-7,17-18H. The predicted molar refractivity (Wildman–Crippen MR) is 76.3 cm³/mol. The molecule has 0 amide bonds. The van der Waals surface area contributed by atoms with Crippen LogP contribution in [0.3, 0.4) is 0 Å². The quantitative estimate of drug-likeness (QED) is 0.718. The van der Waals surface area contributed by atoms with Crippen LogP contribution in [0.1, 0.15) is 0 Å². The third-order valence-corrected chi connectivity index (χ3v) is 3.32. The molecular formula is C15H9ClO4. The summed E-state index contributed by atoms with van der Waals surface area (Å²) < 4.78 is 5.36. The molecule has 0 spiro atoms. The van der Waals surface area contributed by atoms with Crippen LogP contribution >= 0.6 is 11.6 Å². The van der Waals surface area contributed by atoms with Crippen LogP contribution in [0.4, 0.5) is 0 Å². The van der Waals surface area contributed by atoms with E-state index in [4.69, 9.17) is 16.0 Å². The summed E-state index contributed by atoms with van der Waals surface area (Å²) in [5.41, 5.74) is 1.00. The molecular weight excluding hydrogens is 280 g/mol. The lowest BCUT2D eigenvalue weighted by Crippen LogP contribution is -2.04. The molecule has 0 radical (unpaired) electrons. The van der Waals surface area contributed by atoms with Gasteiger partial charge in [0.25, 0.3) is 0 Å². The lowest BCUT2D eigenvalue weighted by atomic mass is 10.1. The van der Waals surface area contributed by atoms with Crippen molar-refractivity contribution in [1.82, 2.24) is 0 Å². The van der Waals surface area contributed by atoms with Crippen LogP contribution in [0, 0.1) is 0 Å². The molecule has 0 fully saturated rings. The predicted octanol–water partition coefficient (Wildman–Crippen LogP) is 3.52. The van der Waals surface area contributed by atoms with E-state index in [2.05, 4.69) is 0 Å². The molecule has 1 heterocycles. The molecule has 0 saturated carbocycles. The van der Waals surface area contributed by atoms with Gasteiger partial charge in [-0.3, -0.25) is 4.79 Å². The smallest absolute Gasteiger partial charge is 0.200 e. The average Bonchev–Trinajstić information content (AvgIpc) is 2.43. The number of phenols is 2. The van der Waals surface area contributed by atoms with Crippen LogP contribution < -0.4 is 5.43 Å². The van der Waals surface area contributed by atoms with Crippen LogP contribution in [0.15, 0.2) is 51.9 Å². The van der Waals surface area contributed by atoms with Crippen LogP contribution in [0.25, 0.3) is 22.1 Å². The zero-order chi connectivity index (χ0) is 14.3. The van der Waals surface area contributed by atoms with Crippen LogP contribution in [-0.2, 0) is 0 Å². The highest BCUT2D eigenvalue weighted by Gasteiger charge is 2.11. The Bertz CT molecular complexity index is 850. The van der Waals surface area contributed by atoms with Gasteiger partial charge in [0.1, 0.15) is 23.3 Å². The van der Waals surface area contributed by atoms with E-state index in [0.717, 1.165) is 0 Å². The van der Waals surface area contributed by atoms with Crippen molar-refractivity contribution in [3.8, 4) is 22.6 Å². The normalized spacial score (nSPS) is 10.8. The van der Waals surface area contributed by atoms with Crippen molar-refractivity contribution in [2.24, 2.45) is 0 Å². The van der Waals surface area contributed by atoms with Crippen molar-refractivity contribution in [2.75, 3.05) is 0 Å². The number of hydrogen-bond donors (Lipinski definition) is 2. The largest absolute Gasteiger partial charge is 0.508 e. The maximum absolute atomic E-state index is 12.4. The minimum absolute atomic E-state index is 0.0904. The topological polar surface area (TPSA) is 70.7 Å². The van der Waals surface area contributed by atoms with Crippen molar-refractivity contribution in [2.45, 2.75) is 0 Å². The molecule has 20 heavy (non-hydrogen) atoms. The fourth-order valence-electron chi connectivity index (χ4n) is 1.98. The summed E-state index contributed by atoms with van der Waals surface area (Å²) in [7, 11) is 0. The molecule has 3 aromatic rings. The lowest BCUT2D eigenvalue weighted by molar-refractivity contribution is 0.474. The van der Waals surface area contributed by atoms with Gasteiger partial charge < -0.3 is 14.6 Å². The van der Waals surface area contributed by atoms with Crippen molar-refractivity contribution >= 4 is 22.6 Å². The molecule has 0 atom stereocenters. The van der Waals surface area contributed by atoms with Gasteiger partial charge in [-0.2, -0.15) is 0 Å². The second kappa shape index (κ2) is 4.58. The first-order valence-electron chi connectivity index (χ1n) is 5.79. The molecule has 2 aromatic carbocycles. The fraction of sp³-hybridized carbons (Fsp3) is 0. The third kappa shape index (κ3) is 2.00. The highest BCUT2D eigenvalue weighted by Crippen LogP contribution is 2.29. The second-order valence-electron chi connectivity index (χ2n) is 4.33. The maximum atomic E-state index is 12.4. The summed E-state index contributed by atoms with van der Waals surface area (Å²) in [6.07, 6.45) is 1.32. The molecule has 0 bridgehead atoms. The van der Waals surface area contributed by atoms with Gasteiger partial charge in [-0.1, -0.05) is 23.7 Å². The number of rotatable bonds is 1. The summed E-state index contributed by atoms with van der Waals surface area (Å²) in [6.45, 7) is 0. The molecule has 0 aliphatic rings. The van der Waals surface area contributed by atoms with E-state index in [-0.39, 0.29) is 27.5 Å². The summed E-state index contributed by atoms with van der Waals surface area (Å²) in [5, 5.41) is 19.1. The summed E-state index contributed by atoms with van der Waals surface area (Å²) >= 11 is 5.82. The maximum Gasteiger partial charge on any atom is 0.200 e. The van der Waals surface area contributed by atoms with E-state index in [1.54, 1.807) is 12.1 Å². The Morgan fingerprint density at radius 1 is 1.05 bits per heavy atom. The highest BCUT2D eigenvalue weighted by molar-refractivity contribution is 6.32. The van der Waals surface area contributed by atoms with Gasteiger partial charge in [-0.25, -0.2) is 0 Å². The Kier molecular flexibility index (Phi) is 2.88. The second-order valence-corrected chi connectivity index (χ2v) is 4.73. The summed E-state index contributed by atoms with van der Waals surface area (Å²) in [6, 6.07) is 8.90. The first-order chi connectivity index (χ1) is 9.56. The molecule has 0 unspecified atom stereocenters. The number of benzene rings is 2.